The van der Waals surface area contributed by atoms with E-state index in [9.17, 15) is 0 Å². The summed E-state index contributed by atoms with van der Waals surface area (Å²) in [4.78, 5) is 0. The Morgan fingerprint density at radius 2 is 1.94 bits per heavy atom. The van der Waals surface area contributed by atoms with Crippen LogP contribution in [0.1, 0.15) is 40.5 Å². The molecule has 0 aromatic heterocycles. The molecular formula is C15H29NO. The molecule has 0 bridgehead atoms. The van der Waals surface area contributed by atoms with E-state index in [0.717, 1.165) is 30.9 Å². The van der Waals surface area contributed by atoms with Crippen LogP contribution in [-0.2, 0) is 4.74 Å². The van der Waals surface area contributed by atoms with Gasteiger partial charge in [-0.2, -0.15) is 0 Å². The highest BCUT2D eigenvalue weighted by Crippen LogP contribution is 2.79. The standard InChI is InChI=1S/C15H29NO/c1-11(2)12-8-15(9-12)13(14(15,3)4)10-16-6-7-17-5/h11-13,16H,6-10H2,1-5H3. The van der Waals surface area contributed by atoms with Gasteiger partial charge in [0.05, 0.1) is 6.61 Å². The summed E-state index contributed by atoms with van der Waals surface area (Å²) in [6.07, 6.45) is 2.93. The van der Waals surface area contributed by atoms with Gasteiger partial charge in [-0.1, -0.05) is 27.7 Å². The van der Waals surface area contributed by atoms with Gasteiger partial charge in [0.2, 0.25) is 0 Å². The van der Waals surface area contributed by atoms with E-state index in [2.05, 4.69) is 33.0 Å². The van der Waals surface area contributed by atoms with Crippen LogP contribution in [0.25, 0.3) is 0 Å². The zero-order valence-corrected chi connectivity index (χ0v) is 12.2. The Bertz CT molecular complexity index is 266. The molecule has 1 unspecified atom stereocenters. The number of rotatable bonds is 6. The van der Waals surface area contributed by atoms with E-state index in [-0.39, 0.29) is 0 Å². The molecule has 0 saturated heterocycles. The first-order valence-electron chi connectivity index (χ1n) is 7.15. The highest BCUT2D eigenvalue weighted by molar-refractivity contribution is 5.23. The number of hydrogen-bond acceptors (Lipinski definition) is 2. The molecule has 1 atom stereocenters. The quantitative estimate of drug-likeness (QED) is 0.720. The monoisotopic (exact) mass is 239 g/mol. The minimum atomic E-state index is 0.568. The molecule has 2 rings (SSSR count). The molecule has 0 aromatic rings. The maximum atomic E-state index is 5.07. The van der Waals surface area contributed by atoms with Crippen molar-refractivity contribution in [1.82, 2.24) is 5.32 Å². The van der Waals surface area contributed by atoms with Crippen molar-refractivity contribution in [3.8, 4) is 0 Å². The van der Waals surface area contributed by atoms with Crippen LogP contribution in [0.2, 0.25) is 0 Å². The van der Waals surface area contributed by atoms with E-state index in [0.29, 0.717) is 10.8 Å². The Morgan fingerprint density at radius 3 is 2.47 bits per heavy atom. The van der Waals surface area contributed by atoms with Crippen molar-refractivity contribution in [2.75, 3.05) is 26.8 Å². The Labute approximate surface area is 107 Å². The van der Waals surface area contributed by atoms with Gasteiger partial charge in [-0.25, -0.2) is 0 Å². The molecule has 0 aromatic carbocycles. The van der Waals surface area contributed by atoms with Crippen molar-refractivity contribution in [2.24, 2.45) is 28.6 Å². The van der Waals surface area contributed by atoms with Crippen LogP contribution in [0.4, 0.5) is 0 Å². The molecule has 0 heterocycles. The van der Waals surface area contributed by atoms with Gasteiger partial charge < -0.3 is 10.1 Å². The molecule has 1 spiro atoms. The summed E-state index contributed by atoms with van der Waals surface area (Å²) in [6, 6.07) is 0. The first-order chi connectivity index (χ1) is 7.95. The summed E-state index contributed by atoms with van der Waals surface area (Å²) in [6.45, 7) is 12.7. The smallest absolute Gasteiger partial charge is 0.0587 e. The van der Waals surface area contributed by atoms with Gasteiger partial charge in [0, 0.05) is 13.7 Å². The van der Waals surface area contributed by atoms with Crippen LogP contribution in [0.5, 0.6) is 0 Å². The molecule has 0 amide bonds. The number of hydrogen-bond donors (Lipinski definition) is 1. The molecule has 2 nitrogen and oxygen atoms in total. The molecule has 100 valence electrons. The van der Waals surface area contributed by atoms with Crippen LogP contribution in [-0.4, -0.2) is 26.8 Å². The SMILES string of the molecule is COCCNCC1C(C)(C)C12CC(C(C)C)C2. The van der Waals surface area contributed by atoms with Crippen molar-refractivity contribution in [3.63, 3.8) is 0 Å². The fraction of sp³-hybridized carbons (Fsp3) is 1.00. The van der Waals surface area contributed by atoms with E-state index in [4.69, 9.17) is 4.74 Å². The van der Waals surface area contributed by atoms with Gasteiger partial charge >= 0.3 is 0 Å². The van der Waals surface area contributed by atoms with Crippen LogP contribution < -0.4 is 5.32 Å². The summed E-state index contributed by atoms with van der Waals surface area (Å²) in [5.41, 5.74) is 1.25. The highest BCUT2D eigenvalue weighted by Gasteiger charge is 2.74. The lowest BCUT2D eigenvalue weighted by Gasteiger charge is -2.42. The number of methoxy groups -OCH3 is 1. The average molecular weight is 239 g/mol. The van der Waals surface area contributed by atoms with Gasteiger partial charge in [0.15, 0.2) is 0 Å². The second kappa shape index (κ2) is 4.55. The minimum absolute atomic E-state index is 0.568. The van der Waals surface area contributed by atoms with E-state index < -0.39 is 0 Å². The van der Waals surface area contributed by atoms with Gasteiger partial charge in [-0.05, 0) is 48.0 Å². The fourth-order valence-corrected chi connectivity index (χ4v) is 4.09. The van der Waals surface area contributed by atoms with E-state index in [1.165, 1.54) is 19.4 Å². The van der Waals surface area contributed by atoms with Gasteiger partial charge in [0.25, 0.3) is 0 Å². The zero-order valence-electron chi connectivity index (χ0n) is 12.2. The molecule has 2 aliphatic rings. The summed E-state index contributed by atoms with van der Waals surface area (Å²) in [5.74, 6) is 2.75. The molecule has 17 heavy (non-hydrogen) atoms. The molecule has 0 radical (unpaired) electrons. The molecule has 0 aliphatic heterocycles. The van der Waals surface area contributed by atoms with Crippen LogP contribution in [0.3, 0.4) is 0 Å². The third-order valence-corrected chi connectivity index (χ3v) is 5.77. The van der Waals surface area contributed by atoms with Gasteiger partial charge in [-0.3, -0.25) is 0 Å². The highest BCUT2D eigenvalue weighted by atomic mass is 16.5. The summed E-state index contributed by atoms with van der Waals surface area (Å²) in [7, 11) is 1.77. The predicted octanol–water partition coefficient (Wildman–Crippen LogP) is 2.93. The van der Waals surface area contributed by atoms with E-state index in [1.807, 2.05) is 0 Å². The average Bonchev–Trinajstić information content (AvgIpc) is 2.67. The lowest BCUT2D eigenvalue weighted by Crippen LogP contribution is -2.34. The van der Waals surface area contributed by atoms with Gasteiger partial charge in [-0.15, -0.1) is 0 Å². The van der Waals surface area contributed by atoms with Crippen molar-refractivity contribution in [1.29, 1.82) is 0 Å². The second-order valence-electron chi connectivity index (χ2n) is 7.04. The third-order valence-electron chi connectivity index (χ3n) is 5.77. The summed E-state index contributed by atoms with van der Waals surface area (Å²) >= 11 is 0. The van der Waals surface area contributed by atoms with Crippen molar-refractivity contribution in [2.45, 2.75) is 40.5 Å². The third kappa shape index (κ3) is 2.04. The Morgan fingerprint density at radius 1 is 1.29 bits per heavy atom. The first kappa shape index (κ1) is 13.4. The van der Waals surface area contributed by atoms with Crippen molar-refractivity contribution < 1.29 is 4.74 Å². The number of nitrogens with one attached hydrogen (secondary N) is 1. The second-order valence-corrected chi connectivity index (χ2v) is 7.04. The number of ether oxygens (including phenoxy) is 1. The maximum absolute atomic E-state index is 5.07. The van der Waals surface area contributed by atoms with Crippen LogP contribution >= 0.6 is 0 Å². The van der Waals surface area contributed by atoms with Crippen LogP contribution in [0.15, 0.2) is 0 Å². The fourth-order valence-electron chi connectivity index (χ4n) is 4.09. The summed E-state index contributed by atoms with van der Waals surface area (Å²) in [5, 5.41) is 3.55. The first-order valence-corrected chi connectivity index (χ1v) is 7.15. The molecular weight excluding hydrogens is 210 g/mol. The molecule has 1 N–H and O–H groups in total. The molecule has 2 heteroatoms. The van der Waals surface area contributed by atoms with Crippen molar-refractivity contribution in [3.05, 3.63) is 0 Å². The largest absolute Gasteiger partial charge is 0.383 e. The predicted molar refractivity (Wildman–Crippen MR) is 72.0 cm³/mol. The topological polar surface area (TPSA) is 21.3 Å². The maximum Gasteiger partial charge on any atom is 0.0587 e. The summed E-state index contributed by atoms with van der Waals surface area (Å²) < 4.78 is 5.07. The Kier molecular flexibility index (Phi) is 3.57. The Balaban J connectivity index is 1.78. The zero-order chi connectivity index (χ0) is 12.7. The normalized spacial score (nSPS) is 38.5. The van der Waals surface area contributed by atoms with Crippen molar-refractivity contribution >= 4 is 0 Å². The lowest BCUT2D eigenvalue weighted by molar-refractivity contribution is 0.0797. The van der Waals surface area contributed by atoms with Gasteiger partial charge in [0.1, 0.15) is 0 Å². The van der Waals surface area contributed by atoms with E-state index in [1.54, 1.807) is 7.11 Å². The Hall–Kier alpha value is -0.0800. The van der Waals surface area contributed by atoms with E-state index >= 15 is 0 Å². The lowest BCUT2D eigenvalue weighted by atomic mass is 9.63. The molecule has 2 saturated carbocycles. The van der Waals surface area contributed by atoms with Crippen LogP contribution in [0, 0.1) is 28.6 Å². The molecule has 2 fully saturated rings. The minimum Gasteiger partial charge on any atom is -0.383 e. The molecule has 2 aliphatic carbocycles.